The summed E-state index contributed by atoms with van der Waals surface area (Å²) in [5.41, 5.74) is -0.257. The van der Waals surface area contributed by atoms with E-state index in [0.29, 0.717) is 18.8 Å². The summed E-state index contributed by atoms with van der Waals surface area (Å²) < 4.78 is 31.2. The molecule has 0 aromatic carbocycles. The molecule has 0 radical (unpaired) electrons. The van der Waals surface area contributed by atoms with Crippen LogP contribution in [0.5, 0.6) is 0 Å². The molecule has 0 aliphatic rings. The van der Waals surface area contributed by atoms with Crippen LogP contribution in [-0.4, -0.2) is 33.4 Å². The van der Waals surface area contributed by atoms with Crippen molar-refractivity contribution in [2.24, 2.45) is 0 Å². The molecular formula is C13H23NO4S. The third-order valence-electron chi connectivity index (χ3n) is 1.70. The summed E-state index contributed by atoms with van der Waals surface area (Å²) in [7, 11) is -3.39. The maximum atomic E-state index is 10.6. The van der Waals surface area contributed by atoms with E-state index in [4.69, 9.17) is 4.74 Å². The molecular weight excluding hydrogens is 266 g/mol. The van der Waals surface area contributed by atoms with Gasteiger partial charge >= 0.3 is 0 Å². The summed E-state index contributed by atoms with van der Waals surface area (Å²) in [6.07, 6.45) is 2.47. The molecule has 0 aliphatic heterocycles. The molecule has 5 nitrogen and oxygen atoms in total. The lowest BCUT2D eigenvalue weighted by atomic mass is 10.2. The van der Waals surface area contributed by atoms with Gasteiger partial charge in [0.25, 0.3) is 10.1 Å². The normalized spacial score (nSPS) is 11.4. The predicted octanol–water partition coefficient (Wildman–Crippen LogP) is 1.62. The van der Waals surface area contributed by atoms with E-state index in [1.807, 2.05) is 20.8 Å². The molecule has 0 spiro atoms. The zero-order valence-corrected chi connectivity index (χ0v) is 12.9. The van der Waals surface area contributed by atoms with Crippen LogP contribution in [0.2, 0.25) is 0 Å². The first-order chi connectivity index (χ1) is 8.60. The smallest absolute Gasteiger partial charge is 0.265 e. The Morgan fingerprint density at radius 1 is 1.32 bits per heavy atom. The molecule has 0 bridgehead atoms. The van der Waals surface area contributed by atoms with Crippen LogP contribution in [0, 0.1) is 11.8 Å². The second kappa shape index (κ2) is 8.08. The van der Waals surface area contributed by atoms with Crippen molar-refractivity contribution >= 4 is 10.1 Å². The van der Waals surface area contributed by atoms with Crippen molar-refractivity contribution in [3.63, 3.8) is 0 Å². The number of ether oxygens (including phenoxy) is 1. The van der Waals surface area contributed by atoms with Crippen molar-refractivity contribution < 1.29 is 17.3 Å². The molecule has 0 fully saturated rings. The van der Waals surface area contributed by atoms with Crippen LogP contribution >= 0.6 is 0 Å². The number of rotatable bonds is 7. The molecule has 110 valence electrons. The lowest BCUT2D eigenvalue weighted by molar-refractivity contribution is 0.0416. The van der Waals surface area contributed by atoms with Gasteiger partial charge in [-0.15, -0.1) is 5.92 Å². The van der Waals surface area contributed by atoms with Crippen LogP contribution in [0.15, 0.2) is 12.5 Å². The average molecular weight is 289 g/mol. The van der Waals surface area contributed by atoms with Crippen molar-refractivity contribution in [1.82, 2.24) is 5.32 Å². The highest BCUT2D eigenvalue weighted by molar-refractivity contribution is 7.85. The molecule has 0 saturated heterocycles. The van der Waals surface area contributed by atoms with E-state index in [1.165, 1.54) is 0 Å². The Hall–Kier alpha value is -1.19. The largest absolute Gasteiger partial charge is 0.474 e. The first kappa shape index (κ1) is 17.8. The van der Waals surface area contributed by atoms with Crippen molar-refractivity contribution in [3.05, 3.63) is 12.5 Å². The SMILES string of the molecule is C=C(NCCCC#CCOS(C)(=O)=O)OC(C)(C)C. The maximum Gasteiger partial charge on any atom is 0.265 e. The minimum Gasteiger partial charge on any atom is -0.474 e. The molecule has 0 aromatic heterocycles. The fourth-order valence-electron chi connectivity index (χ4n) is 1.09. The third-order valence-corrected chi connectivity index (χ3v) is 2.25. The van der Waals surface area contributed by atoms with Gasteiger partial charge in [0.1, 0.15) is 12.2 Å². The van der Waals surface area contributed by atoms with E-state index in [2.05, 4.69) is 27.9 Å². The van der Waals surface area contributed by atoms with Gasteiger partial charge in [-0.05, 0) is 33.8 Å². The number of hydrogen-bond donors (Lipinski definition) is 1. The zero-order valence-electron chi connectivity index (χ0n) is 12.1. The third kappa shape index (κ3) is 14.8. The van der Waals surface area contributed by atoms with Gasteiger partial charge in [0.2, 0.25) is 0 Å². The van der Waals surface area contributed by atoms with Crippen LogP contribution in [0.4, 0.5) is 0 Å². The number of hydrogen-bond acceptors (Lipinski definition) is 5. The zero-order chi connectivity index (χ0) is 14.9. The first-order valence-corrected chi connectivity index (χ1v) is 7.84. The van der Waals surface area contributed by atoms with E-state index in [1.54, 1.807) is 0 Å². The van der Waals surface area contributed by atoms with Crippen LogP contribution in [0.1, 0.15) is 33.6 Å². The summed E-state index contributed by atoms with van der Waals surface area (Å²) in [6, 6.07) is 0. The molecule has 6 heteroatoms. The maximum absolute atomic E-state index is 10.6. The fraction of sp³-hybridized carbons (Fsp3) is 0.692. The van der Waals surface area contributed by atoms with Gasteiger partial charge in [-0.1, -0.05) is 5.92 Å². The Bertz CT molecular complexity index is 437. The molecule has 0 rings (SSSR count). The Kier molecular flexibility index (Phi) is 7.57. The molecule has 0 heterocycles. The molecule has 0 atom stereocenters. The molecule has 0 amide bonds. The monoisotopic (exact) mass is 289 g/mol. The minimum atomic E-state index is -3.39. The van der Waals surface area contributed by atoms with Crippen LogP contribution in [0.3, 0.4) is 0 Å². The molecule has 0 aromatic rings. The number of unbranched alkanes of at least 4 members (excludes halogenated alkanes) is 1. The van der Waals surface area contributed by atoms with Gasteiger partial charge in [0, 0.05) is 13.0 Å². The van der Waals surface area contributed by atoms with Crippen molar-refractivity contribution in [3.8, 4) is 11.8 Å². The second-order valence-corrected chi connectivity index (χ2v) is 6.63. The van der Waals surface area contributed by atoms with Gasteiger partial charge < -0.3 is 10.1 Å². The summed E-state index contributed by atoms with van der Waals surface area (Å²) >= 11 is 0. The van der Waals surface area contributed by atoms with E-state index < -0.39 is 10.1 Å². The Balaban J connectivity index is 3.61. The van der Waals surface area contributed by atoms with Crippen LogP contribution < -0.4 is 5.32 Å². The molecule has 0 saturated carbocycles. The standard InChI is InChI=1S/C13H23NO4S/c1-12(18-13(2,3)4)14-10-8-6-7-9-11-17-19(5,15)16/h14H,1,6,8,10-11H2,2-5H3. The minimum absolute atomic E-state index is 0.0912. The van der Waals surface area contributed by atoms with E-state index in [9.17, 15) is 8.42 Å². The number of nitrogens with one attached hydrogen (secondary N) is 1. The Labute approximate surface area is 116 Å². The quantitative estimate of drug-likeness (QED) is 0.334. The van der Waals surface area contributed by atoms with E-state index in [-0.39, 0.29) is 12.2 Å². The molecule has 19 heavy (non-hydrogen) atoms. The van der Waals surface area contributed by atoms with Crippen molar-refractivity contribution in [2.45, 2.75) is 39.2 Å². The fourth-order valence-corrected chi connectivity index (χ4v) is 1.36. The first-order valence-electron chi connectivity index (χ1n) is 6.02. The van der Waals surface area contributed by atoms with Gasteiger partial charge in [-0.25, -0.2) is 0 Å². The Morgan fingerprint density at radius 2 is 1.95 bits per heavy atom. The predicted molar refractivity (Wildman–Crippen MR) is 75.8 cm³/mol. The van der Waals surface area contributed by atoms with Crippen molar-refractivity contribution in [1.29, 1.82) is 0 Å². The van der Waals surface area contributed by atoms with Gasteiger partial charge in [0.05, 0.1) is 6.26 Å². The van der Waals surface area contributed by atoms with Crippen LogP contribution in [0.25, 0.3) is 0 Å². The summed E-state index contributed by atoms with van der Waals surface area (Å²) in [6.45, 7) is 10.2. The van der Waals surface area contributed by atoms with E-state index in [0.717, 1.165) is 12.7 Å². The summed E-state index contributed by atoms with van der Waals surface area (Å²) in [5.74, 6) is 6.01. The highest BCUT2D eigenvalue weighted by Crippen LogP contribution is 2.10. The topological polar surface area (TPSA) is 64.6 Å². The van der Waals surface area contributed by atoms with E-state index >= 15 is 0 Å². The van der Waals surface area contributed by atoms with Gasteiger partial charge in [-0.2, -0.15) is 8.42 Å². The van der Waals surface area contributed by atoms with Crippen LogP contribution in [-0.2, 0) is 19.0 Å². The highest BCUT2D eigenvalue weighted by atomic mass is 32.2. The van der Waals surface area contributed by atoms with Gasteiger partial charge in [0.15, 0.2) is 5.88 Å². The average Bonchev–Trinajstić information content (AvgIpc) is 2.17. The molecule has 0 unspecified atom stereocenters. The second-order valence-electron chi connectivity index (χ2n) is 4.99. The van der Waals surface area contributed by atoms with Crippen molar-refractivity contribution in [2.75, 3.05) is 19.4 Å². The molecule has 0 aliphatic carbocycles. The summed E-state index contributed by atoms with van der Waals surface area (Å²) in [5, 5.41) is 3.04. The lowest BCUT2D eigenvalue weighted by Gasteiger charge is -2.23. The molecule has 1 N–H and O–H groups in total. The Morgan fingerprint density at radius 3 is 2.47 bits per heavy atom. The summed E-state index contributed by atoms with van der Waals surface area (Å²) in [4.78, 5) is 0. The highest BCUT2D eigenvalue weighted by Gasteiger charge is 2.11. The lowest BCUT2D eigenvalue weighted by Crippen LogP contribution is -2.25. The van der Waals surface area contributed by atoms with Gasteiger partial charge in [-0.3, -0.25) is 4.18 Å².